The van der Waals surface area contributed by atoms with Crippen molar-refractivity contribution in [3.8, 4) is 0 Å². The van der Waals surface area contributed by atoms with Gasteiger partial charge < -0.3 is 5.32 Å². The summed E-state index contributed by atoms with van der Waals surface area (Å²) in [4.78, 5) is 4.65. The van der Waals surface area contributed by atoms with Crippen molar-refractivity contribution in [3.05, 3.63) is 29.2 Å². The molecular formula is C21H29F3N4. The highest BCUT2D eigenvalue weighted by Crippen LogP contribution is 2.43. The van der Waals surface area contributed by atoms with Crippen LogP contribution in [-0.2, 0) is 0 Å². The van der Waals surface area contributed by atoms with Crippen LogP contribution >= 0.6 is 0 Å². The topological polar surface area (TPSA) is 42.2 Å². The number of hydrogen-bond donors (Lipinski definition) is 1. The first-order valence-electron chi connectivity index (χ1n) is 10.3. The molecule has 4 nitrogen and oxygen atoms in total. The molecule has 2 aliphatic rings. The first kappa shape index (κ1) is 19.7. The highest BCUT2D eigenvalue weighted by Gasteiger charge is 2.42. The lowest BCUT2D eigenvalue weighted by Gasteiger charge is -2.39. The molecule has 2 aromatic rings. The number of aromatic nitrogens is 3. The van der Waals surface area contributed by atoms with Crippen molar-refractivity contribution in [2.24, 2.45) is 11.3 Å². The van der Waals surface area contributed by atoms with Gasteiger partial charge in [0.2, 0.25) is 0 Å². The summed E-state index contributed by atoms with van der Waals surface area (Å²) in [5, 5.41) is 8.34. The first-order chi connectivity index (χ1) is 13.1. The predicted octanol–water partition coefficient (Wildman–Crippen LogP) is 4.98. The summed E-state index contributed by atoms with van der Waals surface area (Å²) in [6.07, 6.45) is -1.51. The normalized spacial score (nSPS) is 28.6. The molecule has 2 aromatic heterocycles. The van der Waals surface area contributed by atoms with Gasteiger partial charge in [-0.2, -0.15) is 18.3 Å². The highest BCUT2D eigenvalue weighted by atomic mass is 19.4. The van der Waals surface area contributed by atoms with Crippen molar-refractivity contribution in [1.29, 1.82) is 0 Å². The van der Waals surface area contributed by atoms with Gasteiger partial charge in [0, 0.05) is 30.1 Å². The molecule has 1 unspecified atom stereocenters. The molecule has 0 bridgehead atoms. The van der Waals surface area contributed by atoms with Gasteiger partial charge in [0.25, 0.3) is 0 Å². The summed E-state index contributed by atoms with van der Waals surface area (Å²) in [5.74, 6) is -0.754. The minimum Gasteiger partial charge on any atom is -0.316 e. The number of nitrogens with one attached hydrogen (secondary N) is 1. The van der Waals surface area contributed by atoms with Gasteiger partial charge in [-0.3, -0.25) is 0 Å². The lowest BCUT2D eigenvalue weighted by Crippen LogP contribution is -2.41. The molecule has 2 fully saturated rings. The third-order valence-electron chi connectivity index (χ3n) is 6.80. The van der Waals surface area contributed by atoms with E-state index in [2.05, 4.69) is 30.2 Å². The molecule has 28 heavy (non-hydrogen) atoms. The van der Waals surface area contributed by atoms with Crippen LogP contribution in [0.4, 0.5) is 13.2 Å². The highest BCUT2D eigenvalue weighted by molar-refractivity contribution is 5.43. The van der Waals surface area contributed by atoms with Gasteiger partial charge in [0.1, 0.15) is 0 Å². The molecule has 154 valence electrons. The zero-order valence-corrected chi connectivity index (χ0v) is 16.8. The largest absolute Gasteiger partial charge is 0.391 e. The van der Waals surface area contributed by atoms with Crippen LogP contribution in [0.3, 0.4) is 0 Å². The van der Waals surface area contributed by atoms with E-state index in [1.54, 1.807) is 0 Å². The van der Waals surface area contributed by atoms with Gasteiger partial charge >= 0.3 is 6.18 Å². The van der Waals surface area contributed by atoms with Crippen LogP contribution < -0.4 is 5.32 Å². The lowest BCUT2D eigenvalue weighted by molar-refractivity contribution is -0.182. The van der Waals surface area contributed by atoms with Crippen LogP contribution in [-0.4, -0.2) is 33.9 Å². The third kappa shape index (κ3) is 3.65. The summed E-state index contributed by atoms with van der Waals surface area (Å²) in [6, 6.07) is 4.10. The van der Waals surface area contributed by atoms with E-state index in [9.17, 15) is 13.2 Å². The fourth-order valence-corrected chi connectivity index (χ4v) is 4.92. The molecule has 1 saturated carbocycles. The zero-order valence-electron chi connectivity index (χ0n) is 16.8. The predicted molar refractivity (Wildman–Crippen MR) is 102 cm³/mol. The van der Waals surface area contributed by atoms with Crippen molar-refractivity contribution >= 4 is 5.65 Å². The second-order valence-corrected chi connectivity index (χ2v) is 9.25. The Hall–Kier alpha value is -1.63. The minimum atomic E-state index is -4.07. The SMILES string of the molecule is Cc1cc(C2CNCCC2(C)C)n2nc(C3CCC(C(F)(F)F)CC3)cc2n1. The molecule has 0 radical (unpaired) electrons. The molecule has 1 atom stereocenters. The fourth-order valence-electron chi connectivity index (χ4n) is 4.92. The van der Waals surface area contributed by atoms with E-state index < -0.39 is 12.1 Å². The number of halogens is 3. The number of rotatable bonds is 2. The van der Waals surface area contributed by atoms with Crippen LogP contribution in [0.1, 0.15) is 74.9 Å². The monoisotopic (exact) mass is 394 g/mol. The number of hydrogen-bond acceptors (Lipinski definition) is 3. The Kier molecular flexibility index (Phi) is 4.92. The van der Waals surface area contributed by atoms with Gasteiger partial charge in [-0.1, -0.05) is 13.8 Å². The van der Waals surface area contributed by atoms with Crippen LogP contribution in [0.25, 0.3) is 5.65 Å². The summed E-state index contributed by atoms with van der Waals surface area (Å²) in [6.45, 7) is 8.50. The Morgan fingerprint density at radius 1 is 1.14 bits per heavy atom. The number of aryl methyl sites for hydroxylation is 1. The number of piperidine rings is 1. The Balaban J connectivity index is 1.65. The smallest absolute Gasteiger partial charge is 0.316 e. The lowest BCUT2D eigenvalue weighted by atomic mass is 9.72. The number of nitrogens with zero attached hydrogens (tertiary/aromatic N) is 3. The van der Waals surface area contributed by atoms with E-state index in [-0.39, 0.29) is 24.2 Å². The molecule has 1 N–H and O–H groups in total. The second-order valence-electron chi connectivity index (χ2n) is 9.25. The number of fused-ring (bicyclic) bond motifs is 1. The molecule has 7 heteroatoms. The Labute approximate surface area is 163 Å². The van der Waals surface area contributed by atoms with Crippen molar-refractivity contribution < 1.29 is 13.2 Å². The third-order valence-corrected chi connectivity index (χ3v) is 6.80. The van der Waals surface area contributed by atoms with Crippen LogP contribution in [0.5, 0.6) is 0 Å². The Morgan fingerprint density at radius 3 is 2.50 bits per heavy atom. The van der Waals surface area contributed by atoms with Crippen LogP contribution in [0.15, 0.2) is 12.1 Å². The summed E-state index contributed by atoms with van der Waals surface area (Å²) in [7, 11) is 0. The standard InChI is InChI=1S/C21H29F3N4/c1-13-10-18(16-12-25-9-8-20(16,2)3)28-19(26-13)11-17(27-28)14-4-6-15(7-5-14)21(22,23)24/h10-11,14-16,25H,4-9,12H2,1-3H3. The second kappa shape index (κ2) is 7.01. The van der Waals surface area contributed by atoms with Crippen molar-refractivity contribution in [2.45, 2.75) is 70.9 Å². The summed E-state index contributed by atoms with van der Waals surface area (Å²) in [5.41, 5.74) is 3.96. The number of alkyl halides is 3. The van der Waals surface area contributed by atoms with E-state index in [0.29, 0.717) is 18.8 Å². The molecule has 0 spiro atoms. The fraction of sp³-hybridized carbons (Fsp3) is 0.714. The van der Waals surface area contributed by atoms with E-state index in [0.717, 1.165) is 42.2 Å². The maximum atomic E-state index is 13.0. The quantitative estimate of drug-likeness (QED) is 0.781. The van der Waals surface area contributed by atoms with Gasteiger partial charge in [-0.15, -0.1) is 0 Å². The molecule has 0 amide bonds. The maximum absolute atomic E-state index is 13.0. The maximum Gasteiger partial charge on any atom is 0.391 e. The molecule has 3 heterocycles. The van der Waals surface area contributed by atoms with Crippen molar-refractivity contribution in [2.75, 3.05) is 13.1 Å². The van der Waals surface area contributed by atoms with Gasteiger partial charge in [0.15, 0.2) is 5.65 Å². The molecular weight excluding hydrogens is 365 g/mol. The van der Waals surface area contributed by atoms with Crippen molar-refractivity contribution in [3.63, 3.8) is 0 Å². The minimum absolute atomic E-state index is 0.0888. The summed E-state index contributed by atoms with van der Waals surface area (Å²) < 4.78 is 40.9. The van der Waals surface area contributed by atoms with Crippen LogP contribution in [0, 0.1) is 18.3 Å². The average Bonchev–Trinajstić information content (AvgIpc) is 3.04. The summed E-state index contributed by atoms with van der Waals surface area (Å²) >= 11 is 0. The zero-order chi connectivity index (χ0) is 20.1. The molecule has 4 rings (SSSR count). The van der Waals surface area contributed by atoms with E-state index in [4.69, 9.17) is 5.10 Å². The molecule has 1 aliphatic heterocycles. The van der Waals surface area contributed by atoms with Gasteiger partial charge in [0.05, 0.1) is 17.3 Å². The molecule has 1 aliphatic carbocycles. The molecule has 0 aromatic carbocycles. The average molecular weight is 394 g/mol. The van der Waals surface area contributed by atoms with Gasteiger partial charge in [-0.25, -0.2) is 9.50 Å². The van der Waals surface area contributed by atoms with E-state index in [1.165, 1.54) is 0 Å². The van der Waals surface area contributed by atoms with Crippen molar-refractivity contribution in [1.82, 2.24) is 19.9 Å². The van der Waals surface area contributed by atoms with E-state index in [1.807, 2.05) is 17.5 Å². The molecule has 1 saturated heterocycles. The van der Waals surface area contributed by atoms with Crippen LogP contribution in [0.2, 0.25) is 0 Å². The van der Waals surface area contributed by atoms with Gasteiger partial charge in [-0.05, 0) is 57.1 Å². The Morgan fingerprint density at radius 2 is 1.86 bits per heavy atom. The van der Waals surface area contributed by atoms with E-state index >= 15 is 0 Å². The first-order valence-corrected chi connectivity index (χ1v) is 10.3. The Bertz CT molecular complexity index is 847.